The average molecular weight is 206 g/mol. The van der Waals surface area contributed by atoms with Crippen molar-refractivity contribution in [1.82, 2.24) is 10.3 Å². The molecule has 1 atom stereocenters. The molecule has 0 radical (unpaired) electrons. The highest BCUT2D eigenvalue weighted by atomic mass is 14.9. The van der Waals surface area contributed by atoms with Gasteiger partial charge >= 0.3 is 0 Å². The Morgan fingerprint density at radius 2 is 1.87 bits per heavy atom. The minimum Gasteiger partial charge on any atom is -0.312 e. The van der Waals surface area contributed by atoms with Crippen LogP contribution in [-0.4, -0.2) is 11.5 Å². The molecule has 0 saturated carbocycles. The Bertz CT molecular complexity index is 274. The molecule has 1 aromatic rings. The van der Waals surface area contributed by atoms with Crippen LogP contribution < -0.4 is 5.32 Å². The van der Waals surface area contributed by atoms with Crippen LogP contribution in [0.5, 0.6) is 0 Å². The Balaban J connectivity index is 2.28. The molecular formula is C13H22N2. The van der Waals surface area contributed by atoms with E-state index in [1.165, 1.54) is 5.56 Å². The molecule has 1 rings (SSSR count). The molecule has 0 bridgehead atoms. The second-order valence-electron chi connectivity index (χ2n) is 5.25. The molecule has 2 heteroatoms. The summed E-state index contributed by atoms with van der Waals surface area (Å²) in [6, 6.07) is 4.10. The summed E-state index contributed by atoms with van der Waals surface area (Å²) < 4.78 is 0. The van der Waals surface area contributed by atoms with E-state index in [0.717, 1.165) is 13.1 Å². The van der Waals surface area contributed by atoms with Gasteiger partial charge in [-0.25, -0.2) is 0 Å². The van der Waals surface area contributed by atoms with Gasteiger partial charge in [0.2, 0.25) is 0 Å². The van der Waals surface area contributed by atoms with Crippen LogP contribution in [0.3, 0.4) is 0 Å². The Kier molecular flexibility index (Phi) is 4.28. The van der Waals surface area contributed by atoms with Crippen molar-refractivity contribution in [2.24, 2.45) is 11.3 Å². The van der Waals surface area contributed by atoms with Crippen molar-refractivity contribution in [3.05, 3.63) is 30.1 Å². The highest BCUT2D eigenvalue weighted by Gasteiger charge is 2.18. The van der Waals surface area contributed by atoms with Gasteiger partial charge in [0.25, 0.3) is 0 Å². The molecule has 84 valence electrons. The monoisotopic (exact) mass is 206 g/mol. The molecule has 0 spiro atoms. The van der Waals surface area contributed by atoms with Crippen LogP contribution in [0.25, 0.3) is 0 Å². The SMILES string of the molecule is CC(CNCc1ccncc1)C(C)(C)C. The van der Waals surface area contributed by atoms with Gasteiger partial charge in [-0.2, -0.15) is 0 Å². The fourth-order valence-corrected chi connectivity index (χ4v) is 1.24. The minimum atomic E-state index is 0.380. The standard InChI is InChI=1S/C13H22N2/c1-11(13(2,3)4)9-15-10-12-5-7-14-8-6-12/h5-8,11,15H,9-10H2,1-4H3. The molecule has 0 aliphatic rings. The molecule has 0 aliphatic carbocycles. The van der Waals surface area contributed by atoms with Crippen molar-refractivity contribution < 1.29 is 0 Å². The normalized spacial score (nSPS) is 13.9. The highest BCUT2D eigenvalue weighted by Crippen LogP contribution is 2.24. The summed E-state index contributed by atoms with van der Waals surface area (Å²) >= 11 is 0. The van der Waals surface area contributed by atoms with E-state index in [-0.39, 0.29) is 0 Å². The molecule has 0 saturated heterocycles. The van der Waals surface area contributed by atoms with Crippen molar-refractivity contribution in [3.8, 4) is 0 Å². The molecule has 0 aromatic carbocycles. The van der Waals surface area contributed by atoms with Gasteiger partial charge < -0.3 is 5.32 Å². The molecule has 15 heavy (non-hydrogen) atoms. The number of nitrogens with zero attached hydrogens (tertiary/aromatic N) is 1. The second-order valence-corrected chi connectivity index (χ2v) is 5.25. The Hall–Kier alpha value is -0.890. The molecular weight excluding hydrogens is 184 g/mol. The fourth-order valence-electron chi connectivity index (χ4n) is 1.24. The van der Waals surface area contributed by atoms with Crippen molar-refractivity contribution in [2.45, 2.75) is 34.2 Å². The molecule has 1 N–H and O–H groups in total. The van der Waals surface area contributed by atoms with E-state index in [9.17, 15) is 0 Å². The van der Waals surface area contributed by atoms with Crippen LogP contribution >= 0.6 is 0 Å². The number of nitrogens with one attached hydrogen (secondary N) is 1. The summed E-state index contributed by atoms with van der Waals surface area (Å²) in [7, 11) is 0. The number of rotatable bonds is 4. The summed E-state index contributed by atoms with van der Waals surface area (Å²) in [6.45, 7) is 11.1. The third kappa shape index (κ3) is 4.43. The van der Waals surface area contributed by atoms with Crippen molar-refractivity contribution in [1.29, 1.82) is 0 Å². The largest absolute Gasteiger partial charge is 0.312 e. The smallest absolute Gasteiger partial charge is 0.0271 e. The van der Waals surface area contributed by atoms with Gasteiger partial charge in [0, 0.05) is 18.9 Å². The molecule has 0 aliphatic heterocycles. The number of aromatic nitrogens is 1. The molecule has 1 aromatic heterocycles. The van der Waals surface area contributed by atoms with Gasteiger partial charge in [0.15, 0.2) is 0 Å². The maximum Gasteiger partial charge on any atom is 0.0271 e. The lowest BCUT2D eigenvalue weighted by atomic mass is 9.82. The van der Waals surface area contributed by atoms with Crippen LogP contribution in [0.2, 0.25) is 0 Å². The molecule has 2 nitrogen and oxygen atoms in total. The van der Waals surface area contributed by atoms with Crippen molar-refractivity contribution in [3.63, 3.8) is 0 Å². The van der Waals surface area contributed by atoms with Crippen LogP contribution in [0.1, 0.15) is 33.3 Å². The van der Waals surface area contributed by atoms with E-state index in [0.29, 0.717) is 11.3 Å². The van der Waals surface area contributed by atoms with Gasteiger partial charge in [-0.3, -0.25) is 4.98 Å². The van der Waals surface area contributed by atoms with Crippen molar-refractivity contribution in [2.75, 3.05) is 6.54 Å². The summed E-state index contributed by atoms with van der Waals surface area (Å²) in [5.74, 6) is 0.680. The van der Waals surface area contributed by atoms with Crippen molar-refractivity contribution >= 4 is 0 Å². The van der Waals surface area contributed by atoms with Gasteiger partial charge in [0.1, 0.15) is 0 Å². The first-order valence-electron chi connectivity index (χ1n) is 5.60. The molecule has 1 unspecified atom stereocenters. The lowest BCUT2D eigenvalue weighted by Crippen LogP contribution is -2.29. The Morgan fingerprint density at radius 1 is 1.27 bits per heavy atom. The third-order valence-corrected chi connectivity index (χ3v) is 3.01. The quantitative estimate of drug-likeness (QED) is 0.819. The lowest BCUT2D eigenvalue weighted by Gasteiger charge is -2.27. The topological polar surface area (TPSA) is 24.9 Å². The van der Waals surface area contributed by atoms with E-state index < -0.39 is 0 Å². The fraction of sp³-hybridized carbons (Fsp3) is 0.615. The third-order valence-electron chi connectivity index (χ3n) is 3.01. The summed E-state index contributed by atoms with van der Waals surface area (Å²) in [6.07, 6.45) is 3.68. The van der Waals surface area contributed by atoms with Crippen LogP contribution in [0.4, 0.5) is 0 Å². The van der Waals surface area contributed by atoms with E-state index in [4.69, 9.17) is 0 Å². The van der Waals surface area contributed by atoms with Gasteiger partial charge in [-0.1, -0.05) is 27.7 Å². The maximum atomic E-state index is 4.00. The van der Waals surface area contributed by atoms with E-state index in [1.807, 2.05) is 12.4 Å². The zero-order valence-corrected chi connectivity index (χ0v) is 10.2. The predicted octanol–water partition coefficient (Wildman–Crippen LogP) is 2.85. The molecule has 0 amide bonds. The minimum absolute atomic E-state index is 0.380. The lowest BCUT2D eigenvalue weighted by molar-refractivity contribution is 0.252. The zero-order valence-electron chi connectivity index (χ0n) is 10.2. The van der Waals surface area contributed by atoms with Crippen LogP contribution in [0.15, 0.2) is 24.5 Å². The number of hydrogen-bond acceptors (Lipinski definition) is 2. The summed E-state index contributed by atoms with van der Waals surface area (Å²) in [5, 5.41) is 3.48. The Morgan fingerprint density at radius 3 is 2.40 bits per heavy atom. The van der Waals surface area contributed by atoms with Gasteiger partial charge in [0.05, 0.1) is 0 Å². The average Bonchev–Trinajstić information content (AvgIpc) is 2.18. The van der Waals surface area contributed by atoms with Crippen LogP contribution in [0, 0.1) is 11.3 Å². The number of hydrogen-bond donors (Lipinski definition) is 1. The molecule has 1 heterocycles. The van der Waals surface area contributed by atoms with E-state index in [2.05, 4.69) is 50.1 Å². The zero-order chi connectivity index (χ0) is 11.3. The van der Waals surface area contributed by atoms with E-state index in [1.54, 1.807) is 0 Å². The first-order chi connectivity index (χ1) is 7.00. The highest BCUT2D eigenvalue weighted by molar-refractivity contribution is 5.08. The summed E-state index contributed by atoms with van der Waals surface area (Å²) in [4.78, 5) is 4.00. The van der Waals surface area contributed by atoms with Crippen LogP contribution in [-0.2, 0) is 6.54 Å². The first kappa shape index (κ1) is 12.2. The molecule has 0 fully saturated rings. The summed E-state index contributed by atoms with van der Waals surface area (Å²) in [5.41, 5.74) is 1.68. The van der Waals surface area contributed by atoms with Gasteiger partial charge in [-0.05, 0) is 35.6 Å². The first-order valence-corrected chi connectivity index (χ1v) is 5.60. The number of pyridine rings is 1. The predicted molar refractivity (Wildman–Crippen MR) is 64.6 cm³/mol. The van der Waals surface area contributed by atoms with Gasteiger partial charge in [-0.15, -0.1) is 0 Å². The second kappa shape index (κ2) is 5.26. The Labute approximate surface area is 93.1 Å². The maximum absolute atomic E-state index is 4.00. The van der Waals surface area contributed by atoms with E-state index >= 15 is 0 Å².